The smallest absolute Gasteiger partial charge is 0.128 e. The Morgan fingerprint density at radius 2 is 2.17 bits per heavy atom. The average Bonchev–Trinajstić information content (AvgIpc) is 3.03. The number of nitrogens with zero attached hydrogens (tertiary/aromatic N) is 3. The van der Waals surface area contributed by atoms with Gasteiger partial charge in [-0.25, -0.2) is 0 Å². The second kappa shape index (κ2) is 6.22. The SMILES string of the molecule is COc1ccccc1-c1cc(C2CN3CCC2CC3CN)n(C)n1. The summed E-state index contributed by atoms with van der Waals surface area (Å²) < 4.78 is 7.56. The van der Waals surface area contributed by atoms with Gasteiger partial charge >= 0.3 is 0 Å². The van der Waals surface area contributed by atoms with Crippen molar-refractivity contribution >= 4 is 0 Å². The van der Waals surface area contributed by atoms with E-state index in [9.17, 15) is 0 Å². The number of fused-ring (bicyclic) bond motifs is 3. The van der Waals surface area contributed by atoms with Gasteiger partial charge in [0.25, 0.3) is 0 Å². The Balaban J connectivity index is 1.65. The molecule has 2 N–H and O–H groups in total. The molecule has 4 atom stereocenters. The molecule has 4 unspecified atom stereocenters. The highest BCUT2D eigenvalue weighted by Crippen LogP contribution is 2.42. The van der Waals surface area contributed by atoms with E-state index in [2.05, 4.69) is 28.8 Å². The zero-order valence-corrected chi connectivity index (χ0v) is 14.5. The summed E-state index contributed by atoms with van der Waals surface area (Å²) in [6, 6.07) is 10.9. The molecule has 0 saturated carbocycles. The van der Waals surface area contributed by atoms with E-state index in [4.69, 9.17) is 15.6 Å². The number of nitrogens with two attached hydrogens (primary N) is 1. The number of methoxy groups -OCH3 is 1. The first-order chi connectivity index (χ1) is 11.7. The second-order valence-electron chi connectivity index (χ2n) is 7.05. The molecule has 24 heavy (non-hydrogen) atoms. The fraction of sp³-hybridized carbons (Fsp3) is 0.526. The average molecular weight is 326 g/mol. The van der Waals surface area contributed by atoms with Gasteiger partial charge < -0.3 is 10.5 Å². The molecule has 3 aliphatic rings. The van der Waals surface area contributed by atoms with Crippen LogP contribution < -0.4 is 10.5 Å². The van der Waals surface area contributed by atoms with Gasteiger partial charge in [0.05, 0.1) is 12.8 Å². The first-order valence-corrected chi connectivity index (χ1v) is 8.82. The van der Waals surface area contributed by atoms with E-state index >= 15 is 0 Å². The topological polar surface area (TPSA) is 56.3 Å². The molecule has 2 bridgehead atoms. The zero-order valence-electron chi connectivity index (χ0n) is 14.5. The van der Waals surface area contributed by atoms with Crippen LogP contribution in [0.25, 0.3) is 11.3 Å². The maximum absolute atomic E-state index is 5.94. The summed E-state index contributed by atoms with van der Waals surface area (Å²) in [4.78, 5) is 2.57. The van der Waals surface area contributed by atoms with Crippen LogP contribution in [0.4, 0.5) is 0 Å². The number of hydrogen-bond acceptors (Lipinski definition) is 4. The van der Waals surface area contributed by atoms with E-state index in [0.29, 0.717) is 12.0 Å². The van der Waals surface area contributed by atoms with Gasteiger partial charge in [-0.1, -0.05) is 12.1 Å². The fourth-order valence-corrected chi connectivity index (χ4v) is 4.54. The zero-order chi connectivity index (χ0) is 16.7. The summed E-state index contributed by atoms with van der Waals surface area (Å²) in [6.45, 7) is 3.08. The predicted octanol–water partition coefficient (Wildman–Crippen LogP) is 2.23. The van der Waals surface area contributed by atoms with E-state index in [1.807, 2.05) is 18.2 Å². The van der Waals surface area contributed by atoms with E-state index in [1.54, 1.807) is 7.11 Å². The van der Waals surface area contributed by atoms with Crippen molar-refractivity contribution in [3.8, 4) is 17.0 Å². The Kier molecular flexibility index (Phi) is 4.06. The van der Waals surface area contributed by atoms with Crippen LogP contribution >= 0.6 is 0 Å². The van der Waals surface area contributed by atoms with E-state index in [0.717, 1.165) is 36.0 Å². The van der Waals surface area contributed by atoms with Gasteiger partial charge in [-0.05, 0) is 43.5 Å². The monoisotopic (exact) mass is 326 g/mol. The molecule has 3 aliphatic heterocycles. The number of rotatable bonds is 4. The van der Waals surface area contributed by atoms with Crippen LogP contribution in [0.3, 0.4) is 0 Å². The number of piperidine rings is 3. The third-order valence-corrected chi connectivity index (χ3v) is 5.83. The van der Waals surface area contributed by atoms with Crippen molar-refractivity contribution in [1.29, 1.82) is 0 Å². The summed E-state index contributed by atoms with van der Waals surface area (Å²) in [5.74, 6) is 2.16. The summed E-state index contributed by atoms with van der Waals surface area (Å²) in [6.07, 6.45) is 2.49. The molecule has 2 aromatic rings. The Labute approximate surface area is 143 Å². The molecule has 0 radical (unpaired) electrons. The molecule has 0 amide bonds. The summed E-state index contributed by atoms with van der Waals surface area (Å²) >= 11 is 0. The van der Waals surface area contributed by atoms with Gasteiger partial charge in [0.1, 0.15) is 5.75 Å². The number of aromatic nitrogens is 2. The number of hydrogen-bond donors (Lipinski definition) is 1. The lowest BCUT2D eigenvalue weighted by Gasteiger charge is -2.49. The lowest BCUT2D eigenvalue weighted by Crippen LogP contribution is -2.55. The van der Waals surface area contributed by atoms with Crippen molar-refractivity contribution in [2.45, 2.75) is 24.8 Å². The fourth-order valence-electron chi connectivity index (χ4n) is 4.54. The standard InChI is InChI=1S/C19H26N4O/c1-22-18(16-12-23-8-7-13(16)9-14(23)11-20)10-17(21-22)15-5-3-4-6-19(15)24-2/h3-6,10,13-14,16H,7-9,11-12,20H2,1-2H3. The molecule has 5 nitrogen and oxygen atoms in total. The normalized spacial score (nSPS) is 29.0. The number of benzene rings is 1. The first kappa shape index (κ1) is 15.7. The van der Waals surface area contributed by atoms with Gasteiger partial charge in [-0.3, -0.25) is 9.58 Å². The number of aryl methyl sites for hydroxylation is 1. The van der Waals surface area contributed by atoms with Crippen LogP contribution in [0.15, 0.2) is 30.3 Å². The highest BCUT2D eigenvalue weighted by atomic mass is 16.5. The van der Waals surface area contributed by atoms with Crippen LogP contribution in [-0.4, -0.2) is 47.5 Å². The molecule has 0 spiro atoms. The predicted molar refractivity (Wildman–Crippen MR) is 95.1 cm³/mol. The Bertz CT molecular complexity index is 726. The maximum Gasteiger partial charge on any atom is 0.128 e. The van der Waals surface area contributed by atoms with Gasteiger partial charge in [0.15, 0.2) is 0 Å². The molecule has 3 fully saturated rings. The van der Waals surface area contributed by atoms with Gasteiger partial charge in [-0.15, -0.1) is 0 Å². The summed E-state index contributed by atoms with van der Waals surface area (Å²) in [5.41, 5.74) is 9.33. The molecular formula is C19H26N4O. The van der Waals surface area contributed by atoms with Crippen molar-refractivity contribution in [2.75, 3.05) is 26.7 Å². The molecular weight excluding hydrogens is 300 g/mol. The Morgan fingerprint density at radius 1 is 1.33 bits per heavy atom. The van der Waals surface area contributed by atoms with Crippen molar-refractivity contribution < 1.29 is 4.74 Å². The highest BCUT2D eigenvalue weighted by Gasteiger charge is 2.41. The van der Waals surface area contributed by atoms with Gasteiger partial charge in [0, 0.05) is 43.4 Å². The van der Waals surface area contributed by atoms with Crippen LogP contribution in [0.5, 0.6) is 5.75 Å². The largest absolute Gasteiger partial charge is 0.496 e. The third-order valence-electron chi connectivity index (χ3n) is 5.83. The molecule has 128 valence electrons. The lowest BCUT2D eigenvalue weighted by atomic mass is 9.74. The highest BCUT2D eigenvalue weighted by molar-refractivity contribution is 5.67. The lowest BCUT2D eigenvalue weighted by molar-refractivity contribution is 0.0322. The van der Waals surface area contributed by atoms with E-state index < -0.39 is 0 Å². The van der Waals surface area contributed by atoms with E-state index in [-0.39, 0.29) is 0 Å². The molecule has 5 rings (SSSR count). The number of ether oxygens (including phenoxy) is 1. The Morgan fingerprint density at radius 3 is 2.88 bits per heavy atom. The van der Waals surface area contributed by atoms with Crippen LogP contribution in [-0.2, 0) is 7.05 Å². The van der Waals surface area contributed by atoms with Crippen molar-refractivity contribution in [2.24, 2.45) is 18.7 Å². The van der Waals surface area contributed by atoms with Gasteiger partial charge in [-0.2, -0.15) is 5.10 Å². The molecule has 4 heterocycles. The second-order valence-corrected chi connectivity index (χ2v) is 7.05. The van der Waals surface area contributed by atoms with Gasteiger partial charge in [0.2, 0.25) is 0 Å². The number of para-hydroxylation sites is 1. The maximum atomic E-state index is 5.94. The summed E-state index contributed by atoms with van der Waals surface area (Å²) in [7, 11) is 3.77. The molecule has 1 aromatic carbocycles. The minimum absolute atomic E-state index is 0.558. The van der Waals surface area contributed by atoms with Crippen molar-refractivity contribution in [1.82, 2.24) is 14.7 Å². The minimum Gasteiger partial charge on any atom is -0.496 e. The van der Waals surface area contributed by atoms with Crippen LogP contribution in [0.1, 0.15) is 24.5 Å². The minimum atomic E-state index is 0.558. The van der Waals surface area contributed by atoms with Crippen LogP contribution in [0.2, 0.25) is 0 Å². The molecule has 0 aliphatic carbocycles. The molecule has 1 aromatic heterocycles. The van der Waals surface area contributed by atoms with Crippen LogP contribution in [0, 0.1) is 5.92 Å². The first-order valence-electron chi connectivity index (χ1n) is 8.82. The van der Waals surface area contributed by atoms with E-state index in [1.165, 1.54) is 25.1 Å². The summed E-state index contributed by atoms with van der Waals surface area (Å²) in [5, 5.41) is 4.78. The Hall–Kier alpha value is -1.85. The quantitative estimate of drug-likeness (QED) is 0.936. The molecule has 5 heteroatoms. The van der Waals surface area contributed by atoms with Crippen molar-refractivity contribution in [3.05, 3.63) is 36.0 Å². The third kappa shape index (κ3) is 2.52. The molecule has 3 saturated heterocycles. The van der Waals surface area contributed by atoms with Crippen molar-refractivity contribution in [3.63, 3.8) is 0 Å².